The fourth-order valence-electron chi connectivity index (χ4n) is 2.00. The molecular weight excluding hydrogens is 136 g/mol. The van der Waals surface area contributed by atoms with E-state index in [1.807, 2.05) is 4.90 Å². The van der Waals surface area contributed by atoms with Gasteiger partial charge in [0.05, 0.1) is 26.2 Å². The predicted molar refractivity (Wildman–Crippen MR) is 46.3 cm³/mol. The number of hydrogen-bond acceptors (Lipinski definition) is 0. The van der Waals surface area contributed by atoms with Crippen molar-refractivity contribution in [1.29, 1.82) is 0 Å². The third-order valence-corrected chi connectivity index (χ3v) is 2.64. The largest absolute Gasteiger partial charge is 0.357 e. The third kappa shape index (κ3) is 3.21. The van der Waals surface area contributed by atoms with E-state index in [1.165, 1.54) is 38.9 Å². The van der Waals surface area contributed by atoms with E-state index in [9.17, 15) is 0 Å². The Hall–Kier alpha value is -0.0800. The van der Waals surface area contributed by atoms with E-state index in [0.717, 1.165) is 12.5 Å². The molecule has 0 aromatic carbocycles. The second-order valence-corrected chi connectivity index (χ2v) is 3.91. The molecule has 1 heterocycles. The maximum absolute atomic E-state index is 3.88. The van der Waals surface area contributed by atoms with Crippen LogP contribution in [-0.4, -0.2) is 26.2 Å². The van der Waals surface area contributed by atoms with Crippen molar-refractivity contribution in [3.63, 3.8) is 0 Å². The smallest absolute Gasteiger partial charge is 0.0825 e. The molecule has 4 N–H and O–H groups in total. The highest BCUT2D eigenvalue weighted by Gasteiger charge is 2.18. The lowest BCUT2D eigenvalue weighted by atomic mass is 10.0. The molecule has 2 nitrogen and oxygen atoms in total. The standard InChI is InChI=1S/C9H20N2/c1-9-4-2-6-11(8-9)7-3-5-10/h9H,2-8,10H2,1H3/p+2/t9-/m1/s1. The Morgan fingerprint density at radius 3 is 3.00 bits per heavy atom. The predicted octanol–water partition coefficient (Wildman–Crippen LogP) is -1.07. The molecule has 1 fully saturated rings. The zero-order valence-corrected chi connectivity index (χ0v) is 7.73. The minimum Gasteiger partial charge on any atom is -0.357 e. The molecule has 0 aromatic rings. The second-order valence-electron chi connectivity index (χ2n) is 3.91. The Kier molecular flexibility index (Phi) is 3.87. The van der Waals surface area contributed by atoms with Gasteiger partial charge in [-0.3, -0.25) is 0 Å². The summed E-state index contributed by atoms with van der Waals surface area (Å²) in [5.41, 5.74) is 3.88. The average molecular weight is 158 g/mol. The van der Waals surface area contributed by atoms with Crippen LogP contribution in [0, 0.1) is 5.92 Å². The average Bonchev–Trinajstić information content (AvgIpc) is 2.01. The third-order valence-electron chi connectivity index (χ3n) is 2.64. The molecule has 1 aliphatic heterocycles. The van der Waals surface area contributed by atoms with E-state index in [-0.39, 0.29) is 0 Å². The summed E-state index contributed by atoms with van der Waals surface area (Å²) in [5.74, 6) is 0.962. The maximum atomic E-state index is 3.88. The van der Waals surface area contributed by atoms with Crippen LogP contribution in [-0.2, 0) is 0 Å². The van der Waals surface area contributed by atoms with E-state index < -0.39 is 0 Å². The van der Waals surface area contributed by atoms with Gasteiger partial charge in [0.25, 0.3) is 0 Å². The molecule has 1 rings (SSSR count). The summed E-state index contributed by atoms with van der Waals surface area (Å²) in [6.07, 6.45) is 4.20. The first kappa shape index (κ1) is 9.01. The molecule has 0 aliphatic carbocycles. The van der Waals surface area contributed by atoms with Gasteiger partial charge in [-0.25, -0.2) is 0 Å². The van der Waals surface area contributed by atoms with Crippen molar-refractivity contribution in [3.05, 3.63) is 0 Å². The van der Waals surface area contributed by atoms with E-state index in [2.05, 4.69) is 12.7 Å². The van der Waals surface area contributed by atoms with Gasteiger partial charge in [0, 0.05) is 12.3 Å². The minimum atomic E-state index is 0.962. The van der Waals surface area contributed by atoms with Crippen molar-refractivity contribution >= 4 is 0 Å². The van der Waals surface area contributed by atoms with Gasteiger partial charge >= 0.3 is 0 Å². The van der Waals surface area contributed by atoms with Gasteiger partial charge in [0.1, 0.15) is 0 Å². The van der Waals surface area contributed by atoms with E-state index in [1.54, 1.807) is 0 Å². The molecule has 0 aromatic heterocycles. The number of rotatable bonds is 3. The number of likely N-dealkylation sites (tertiary alicyclic amines) is 1. The maximum Gasteiger partial charge on any atom is 0.0825 e. The lowest BCUT2D eigenvalue weighted by Gasteiger charge is -2.27. The Labute approximate surface area is 69.8 Å². The van der Waals surface area contributed by atoms with Crippen LogP contribution in [0.3, 0.4) is 0 Å². The van der Waals surface area contributed by atoms with Crippen LogP contribution in [0.15, 0.2) is 0 Å². The first-order valence-corrected chi connectivity index (χ1v) is 4.95. The normalized spacial score (nSPS) is 32.2. The van der Waals surface area contributed by atoms with E-state index in [4.69, 9.17) is 0 Å². The van der Waals surface area contributed by atoms with Gasteiger partial charge < -0.3 is 10.6 Å². The van der Waals surface area contributed by atoms with Crippen molar-refractivity contribution in [1.82, 2.24) is 0 Å². The fourth-order valence-corrected chi connectivity index (χ4v) is 2.00. The number of piperidine rings is 1. The molecule has 66 valence electrons. The SMILES string of the molecule is C[C@@H]1CCC[NH+](CCC[NH3+])C1. The van der Waals surface area contributed by atoms with Gasteiger partial charge in [-0.05, 0) is 12.8 Å². The molecule has 2 heteroatoms. The zero-order chi connectivity index (χ0) is 8.10. The quantitative estimate of drug-likeness (QED) is 0.524. The summed E-state index contributed by atoms with van der Waals surface area (Å²) in [7, 11) is 0. The molecule has 0 bridgehead atoms. The Morgan fingerprint density at radius 2 is 2.36 bits per heavy atom. The summed E-state index contributed by atoms with van der Waals surface area (Å²) in [6.45, 7) is 7.65. The Morgan fingerprint density at radius 1 is 1.55 bits per heavy atom. The van der Waals surface area contributed by atoms with E-state index >= 15 is 0 Å². The number of hydrogen-bond donors (Lipinski definition) is 2. The summed E-state index contributed by atoms with van der Waals surface area (Å²) >= 11 is 0. The van der Waals surface area contributed by atoms with Gasteiger partial charge in [-0.15, -0.1) is 0 Å². The van der Waals surface area contributed by atoms with Crippen molar-refractivity contribution < 1.29 is 10.6 Å². The van der Waals surface area contributed by atoms with Gasteiger partial charge in [-0.1, -0.05) is 6.92 Å². The Bertz CT molecular complexity index is 104. The monoisotopic (exact) mass is 158 g/mol. The van der Waals surface area contributed by atoms with Gasteiger partial charge in [-0.2, -0.15) is 0 Å². The first-order chi connectivity index (χ1) is 5.33. The highest BCUT2D eigenvalue weighted by atomic mass is 15.1. The topological polar surface area (TPSA) is 32.1 Å². The van der Waals surface area contributed by atoms with Crippen LogP contribution in [0.2, 0.25) is 0 Å². The van der Waals surface area contributed by atoms with Crippen molar-refractivity contribution in [2.24, 2.45) is 5.92 Å². The lowest BCUT2D eigenvalue weighted by Crippen LogP contribution is -3.13. The minimum absolute atomic E-state index is 0.962. The molecular formula is C9H22N2+2. The van der Waals surface area contributed by atoms with Crippen molar-refractivity contribution in [2.45, 2.75) is 26.2 Å². The van der Waals surface area contributed by atoms with Crippen LogP contribution < -0.4 is 10.6 Å². The fraction of sp³-hybridized carbons (Fsp3) is 1.00. The first-order valence-electron chi connectivity index (χ1n) is 4.95. The summed E-state index contributed by atoms with van der Waals surface area (Å²) in [4.78, 5) is 1.81. The van der Waals surface area contributed by atoms with Crippen LogP contribution in [0.5, 0.6) is 0 Å². The molecule has 1 saturated heterocycles. The lowest BCUT2D eigenvalue weighted by molar-refractivity contribution is -0.909. The summed E-state index contributed by atoms with van der Waals surface area (Å²) < 4.78 is 0. The summed E-state index contributed by atoms with van der Waals surface area (Å²) in [6, 6.07) is 0. The Balaban J connectivity index is 2.12. The molecule has 0 radical (unpaired) electrons. The van der Waals surface area contributed by atoms with Gasteiger partial charge in [0.2, 0.25) is 0 Å². The molecule has 0 spiro atoms. The molecule has 2 atom stereocenters. The van der Waals surface area contributed by atoms with E-state index in [0.29, 0.717) is 0 Å². The number of quaternary nitrogens is 2. The van der Waals surface area contributed by atoms with Crippen molar-refractivity contribution in [3.8, 4) is 0 Å². The van der Waals surface area contributed by atoms with Crippen LogP contribution in [0.4, 0.5) is 0 Å². The van der Waals surface area contributed by atoms with Gasteiger partial charge in [0.15, 0.2) is 0 Å². The number of nitrogens with one attached hydrogen (secondary N) is 1. The highest BCUT2D eigenvalue weighted by Crippen LogP contribution is 2.04. The molecule has 1 aliphatic rings. The zero-order valence-electron chi connectivity index (χ0n) is 7.73. The second kappa shape index (κ2) is 4.73. The highest BCUT2D eigenvalue weighted by molar-refractivity contribution is 4.55. The molecule has 11 heavy (non-hydrogen) atoms. The van der Waals surface area contributed by atoms with Crippen LogP contribution in [0.25, 0.3) is 0 Å². The van der Waals surface area contributed by atoms with Crippen LogP contribution >= 0.6 is 0 Å². The van der Waals surface area contributed by atoms with Crippen molar-refractivity contribution in [2.75, 3.05) is 26.2 Å². The summed E-state index contributed by atoms with van der Waals surface area (Å²) in [5, 5.41) is 0. The molecule has 1 unspecified atom stereocenters. The van der Waals surface area contributed by atoms with Crippen LogP contribution in [0.1, 0.15) is 26.2 Å². The molecule has 0 amide bonds. The molecule has 0 saturated carbocycles.